The van der Waals surface area contributed by atoms with Crippen LogP contribution in [-0.2, 0) is 4.79 Å². The molecule has 0 saturated heterocycles. The molecular formula is C12H18O4. The van der Waals surface area contributed by atoms with Gasteiger partial charge < -0.3 is 14.9 Å². The van der Waals surface area contributed by atoms with E-state index in [4.69, 9.17) is 14.9 Å². The first-order valence-corrected chi connectivity index (χ1v) is 4.95. The fourth-order valence-corrected chi connectivity index (χ4v) is 0.785. The minimum absolute atomic E-state index is 0.188. The summed E-state index contributed by atoms with van der Waals surface area (Å²) < 4.78 is 4.88. The van der Waals surface area contributed by atoms with E-state index in [0.717, 1.165) is 5.56 Å². The molecule has 1 aromatic carbocycles. The summed E-state index contributed by atoms with van der Waals surface area (Å²) >= 11 is 0. The van der Waals surface area contributed by atoms with Gasteiger partial charge in [-0.2, -0.15) is 0 Å². The van der Waals surface area contributed by atoms with Gasteiger partial charge in [-0.25, -0.2) is 0 Å². The molecule has 90 valence electrons. The number of phenols is 1. The normalized spacial score (nSPS) is 9.31. The standard InChI is InChI=1S/C8H10O2.C4H8O2/c1-6-3-4-7(9)8(5-6)10-2;1-3(2)4(5)6/h3-5,9H,1-2H3;3H,1-2H3,(H,5,6). The molecule has 0 bridgehead atoms. The Kier molecular flexibility index (Phi) is 6.00. The third kappa shape index (κ3) is 5.24. The first-order valence-electron chi connectivity index (χ1n) is 4.95. The Labute approximate surface area is 95.5 Å². The van der Waals surface area contributed by atoms with Crippen molar-refractivity contribution in [2.24, 2.45) is 5.92 Å². The second-order valence-electron chi connectivity index (χ2n) is 3.67. The summed E-state index contributed by atoms with van der Waals surface area (Å²) in [6.07, 6.45) is 0. The number of aromatic hydroxyl groups is 1. The lowest BCUT2D eigenvalue weighted by molar-refractivity contribution is -0.140. The zero-order chi connectivity index (χ0) is 12.7. The summed E-state index contributed by atoms with van der Waals surface area (Å²) in [5.41, 5.74) is 1.08. The molecule has 0 saturated carbocycles. The van der Waals surface area contributed by atoms with Crippen LogP contribution in [-0.4, -0.2) is 23.3 Å². The van der Waals surface area contributed by atoms with Gasteiger partial charge in [0.05, 0.1) is 13.0 Å². The van der Waals surface area contributed by atoms with Crippen LogP contribution in [0, 0.1) is 12.8 Å². The van der Waals surface area contributed by atoms with Crippen molar-refractivity contribution in [3.8, 4) is 11.5 Å². The predicted octanol–water partition coefficient (Wildman–Crippen LogP) is 2.44. The molecule has 4 nitrogen and oxygen atoms in total. The minimum atomic E-state index is -0.741. The van der Waals surface area contributed by atoms with Crippen LogP contribution >= 0.6 is 0 Å². The highest BCUT2D eigenvalue weighted by molar-refractivity contribution is 5.68. The maximum Gasteiger partial charge on any atom is 0.305 e. The molecule has 0 aromatic heterocycles. The van der Waals surface area contributed by atoms with E-state index < -0.39 is 5.97 Å². The van der Waals surface area contributed by atoms with Gasteiger partial charge in [0.25, 0.3) is 0 Å². The van der Waals surface area contributed by atoms with Crippen LogP contribution in [0.4, 0.5) is 0 Å². The van der Waals surface area contributed by atoms with Gasteiger partial charge in [0.1, 0.15) is 0 Å². The number of hydrogen-bond donors (Lipinski definition) is 2. The first kappa shape index (κ1) is 14.3. The maximum atomic E-state index is 9.70. The van der Waals surface area contributed by atoms with Gasteiger partial charge in [-0.05, 0) is 24.6 Å². The maximum absolute atomic E-state index is 9.70. The van der Waals surface area contributed by atoms with Crippen molar-refractivity contribution in [3.05, 3.63) is 23.8 Å². The number of phenolic OH excluding ortho intramolecular Hbond substituents is 1. The molecule has 0 radical (unpaired) electrons. The molecule has 0 fully saturated rings. The third-order valence-corrected chi connectivity index (χ3v) is 1.83. The molecule has 0 atom stereocenters. The van der Waals surface area contributed by atoms with E-state index in [2.05, 4.69) is 0 Å². The van der Waals surface area contributed by atoms with E-state index >= 15 is 0 Å². The van der Waals surface area contributed by atoms with Crippen molar-refractivity contribution >= 4 is 5.97 Å². The Hall–Kier alpha value is -1.71. The fraction of sp³-hybridized carbons (Fsp3) is 0.417. The quantitative estimate of drug-likeness (QED) is 0.812. The number of ether oxygens (including phenoxy) is 1. The second-order valence-corrected chi connectivity index (χ2v) is 3.67. The lowest BCUT2D eigenvalue weighted by atomic mass is 10.2. The Bertz CT molecular complexity index is 345. The van der Waals surface area contributed by atoms with Crippen LogP contribution in [0.1, 0.15) is 19.4 Å². The molecule has 0 aliphatic carbocycles. The van der Waals surface area contributed by atoms with Crippen LogP contribution in [0.15, 0.2) is 18.2 Å². The fourth-order valence-electron chi connectivity index (χ4n) is 0.785. The lowest BCUT2D eigenvalue weighted by Crippen LogP contribution is -2.03. The molecule has 2 N–H and O–H groups in total. The van der Waals surface area contributed by atoms with Crippen molar-refractivity contribution in [2.45, 2.75) is 20.8 Å². The molecule has 0 spiro atoms. The molecular weight excluding hydrogens is 208 g/mol. The molecule has 0 amide bonds. The number of methoxy groups -OCH3 is 1. The summed E-state index contributed by atoms with van der Waals surface area (Å²) in [4.78, 5) is 9.70. The number of aliphatic carboxylic acids is 1. The van der Waals surface area contributed by atoms with Gasteiger partial charge >= 0.3 is 5.97 Å². The largest absolute Gasteiger partial charge is 0.504 e. The van der Waals surface area contributed by atoms with E-state index in [1.807, 2.05) is 13.0 Å². The van der Waals surface area contributed by atoms with E-state index in [1.54, 1.807) is 26.0 Å². The molecule has 16 heavy (non-hydrogen) atoms. The summed E-state index contributed by atoms with van der Waals surface area (Å²) in [5.74, 6) is -0.256. The number of benzene rings is 1. The number of hydrogen-bond acceptors (Lipinski definition) is 3. The van der Waals surface area contributed by atoms with Gasteiger partial charge in [0.15, 0.2) is 11.5 Å². The summed E-state index contributed by atoms with van der Waals surface area (Å²) in [7, 11) is 1.54. The summed E-state index contributed by atoms with van der Waals surface area (Å²) in [5, 5.41) is 17.1. The smallest absolute Gasteiger partial charge is 0.305 e. The monoisotopic (exact) mass is 226 g/mol. The average Bonchev–Trinajstić information content (AvgIpc) is 2.22. The number of carboxylic acid groups (broad SMARTS) is 1. The van der Waals surface area contributed by atoms with Crippen LogP contribution in [0.5, 0.6) is 11.5 Å². The first-order chi connectivity index (χ1) is 7.38. The van der Waals surface area contributed by atoms with Crippen LogP contribution in [0.2, 0.25) is 0 Å². The van der Waals surface area contributed by atoms with E-state index in [-0.39, 0.29) is 11.7 Å². The number of carbonyl (C=O) groups is 1. The zero-order valence-corrected chi connectivity index (χ0v) is 10.0. The molecule has 0 unspecified atom stereocenters. The SMILES string of the molecule is CC(C)C(=O)O.COc1cc(C)ccc1O. The Balaban J connectivity index is 0.000000325. The van der Waals surface area contributed by atoms with Crippen molar-refractivity contribution < 1.29 is 19.7 Å². The van der Waals surface area contributed by atoms with Crippen LogP contribution in [0.3, 0.4) is 0 Å². The molecule has 1 rings (SSSR count). The highest BCUT2D eigenvalue weighted by atomic mass is 16.5. The van der Waals surface area contributed by atoms with Crippen molar-refractivity contribution in [1.82, 2.24) is 0 Å². The van der Waals surface area contributed by atoms with E-state index in [0.29, 0.717) is 5.75 Å². The molecule has 1 aromatic rings. The number of rotatable bonds is 2. The van der Waals surface area contributed by atoms with Crippen molar-refractivity contribution in [1.29, 1.82) is 0 Å². The van der Waals surface area contributed by atoms with Gasteiger partial charge in [0, 0.05) is 0 Å². The summed E-state index contributed by atoms with van der Waals surface area (Å²) in [6, 6.07) is 5.24. The van der Waals surface area contributed by atoms with Crippen molar-refractivity contribution in [2.75, 3.05) is 7.11 Å². The highest BCUT2D eigenvalue weighted by Gasteiger charge is 1.99. The van der Waals surface area contributed by atoms with Crippen LogP contribution < -0.4 is 4.74 Å². The van der Waals surface area contributed by atoms with Gasteiger partial charge in [-0.3, -0.25) is 4.79 Å². The minimum Gasteiger partial charge on any atom is -0.504 e. The Morgan fingerprint density at radius 2 is 1.88 bits per heavy atom. The third-order valence-electron chi connectivity index (χ3n) is 1.83. The average molecular weight is 226 g/mol. The van der Waals surface area contributed by atoms with E-state index in [9.17, 15) is 4.79 Å². The van der Waals surface area contributed by atoms with Crippen molar-refractivity contribution in [3.63, 3.8) is 0 Å². The topological polar surface area (TPSA) is 66.8 Å². The zero-order valence-electron chi connectivity index (χ0n) is 10.0. The van der Waals surface area contributed by atoms with E-state index in [1.165, 1.54) is 7.11 Å². The van der Waals surface area contributed by atoms with Gasteiger partial charge in [-0.1, -0.05) is 19.9 Å². The Morgan fingerprint density at radius 1 is 1.38 bits per heavy atom. The number of carboxylic acids is 1. The molecule has 0 heterocycles. The highest BCUT2D eigenvalue weighted by Crippen LogP contribution is 2.25. The lowest BCUT2D eigenvalue weighted by Gasteiger charge is -2.02. The predicted molar refractivity (Wildman–Crippen MR) is 61.9 cm³/mol. The summed E-state index contributed by atoms with van der Waals surface area (Å²) in [6.45, 7) is 5.23. The Morgan fingerprint density at radius 3 is 2.19 bits per heavy atom. The van der Waals surface area contributed by atoms with Gasteiger partial charge in [0.2, 0.25) is 0 Å². The van der Waals surface area contributed by atoms with Crippen LogP contribution in [0.25, 0.3) is 0 Å². The second kappa shape index (κ2) is 6.71. The molecule has 0 aliphatic rings. The van der Waals surface area contributed by atoms with Gasteiger partial charge in [-0.15, -0.1) is 0 Å². The molecule has 4 heteroatoms. The molecule has 0 aliphatic heterocycles. The number of aryl methyl sites for hydroxylation is 1.